The maximum Gasteiger partial charge on any atom is 0.211 e. The van der Waals surface area contributed by atoms with Crippen molar-refractivity contribution in [3.63, 3.8) is 0 Å². The number of amides is 1. The van der Waals surface area contributed by atoms with Crippen molar-refractivity contribution in [3.05, 3.63) is 18.3 Å². The first kappa shape index (κ1) is 15.2. The molecule has 120 valence electrons. The molecule has 6 nitrogen and oxygen atoms in total. The summed E-state index contributed by atoms with van der Waals surface area (Å²) in [6.07, 6.45) is 4.81. The number of rotatable bonds is 4. The minimum Gasteiger partial charge on any atom is -0.357 e. The van der Waals surface area contributed by atoms with Gasteiger partial charge in [-0.05, 0) is 32.0 Å². The van der Waals surface area contributed by atoms with E-state index in [1.807, 2.05) is 12.1 Å². The minimum atomic E-state index is 0.679. The molecule has 0 saturated carbocycles. The predicted octanol–water partition coefficient (Wildman–Crippen LogP) is 0.866. The van der Waals surface area contributed by atoms with Crippen LogP contribution in [0.4, 0.5) is 11.5 Å². The van der Waals surface area contributed by atoms with E-state index in [-0.39, 0.29) is 0 Å². The van der Waals surface area contributed by atoms with E-state index in [1.165, 1.54) is 39.0 Å². The quantitative estimate of drug-likeness (QED) is 0.836. The maximum absolute atomic E-state index is 10.4. The highest BCUT2D eigenvalue weighted by Gasteiger charge is 2.26. The van der Waals surface area contributed by atoms with Crippen LogP contribution in [0.3, 0.4) is 0 Å². The number of aromatic nitrogens is 1. The van der Waals surface area contributed by atoms with Gasteiger partial charge in [0.1, 0.15) is 5.82 Å². The monoisotopic (exact) mass is 303 g/mol. The number of hydrogen-bond donors (Lipinski definition) is 1. The van der Waals surface area contributed by atoms with E-state index in [0.717, 1.165) is 30.6 Å². The summed E-state index contributed by atoms with van der Waals surface area (Å²) in [5.41, 5.74) is 0.742. The van der Waals surface area contributed by atoms with Gasteiger partial charge in [0.25, 0.3) is 0 Å². The highest BCUT2D eigenvalue weighted by Crippen LogP contribution is 2.22. The van der Waals surface area contributed by atoms with E-state index in [0.29, 0.717) is 6.41 Å². The third kappa shape index (κ3) is 3.56. The van der Waals surface area contributed by atoms with Gasteiger partial charge >= 0.3 is 0 Å². The minimum absolute atomic E-state index is 0.679. The fraction of sp³-hybridized carbons (Fsp3) is 0.625. The zero-order valence-electron chi connectivity index (χ0n) is 13.2. The Hall–Kier alpha value is -1.66. The summed E-state index contributed by atoms with van der Waals surface area (Å²) in [4.78, 5) is 22.3. The molecule has 0 aromatic carbocycles. The molecule has 0 spiro atoms. The predicted molar refractivity (Wildman–Crippen MR) is 88.2 cm³/mol. The van der Waals surface area contributed by atoms with Crippen LogP contribution in [0.25, 0.3) is 0 Å². The van der Waals surface area contributed by atoms with E-state index in [2.05, 4.69) is 32.0 Å². The molecule has 1 aromatic heterocycles. The van der Waals surface area contributed by atoms with Crippen molar-refractivity contribution >= 4 is 17.9 Å². The second-order valence-corrected chi connectivity index (χ2v) is 6.22. The Bertz CT molecular complexity index is 476. The third-order valence-electron chi connectivity index (χ3n) is 4.82. The molecule has 2 fully saturated rings. The lowest BCUT2D eigenvalue weighted by Gasteiger charge is -2.42. The standard InChI is InChI=1S/C16H25N5O/c1-19-8-10-20(11-9-19)15-4-6-21(7-5-15)16-3-2-14(12-17-16)18-13-22/h2-3,12-13,15H,4-11H2,1H3,(H,18,22). The van der Waals surface area contributed by atoms with Gasteiger partial charge in [-0.25, -0.2) is 4.98 Å². The van der Waals surface area contributed by atoms with Crippen molar-refractivity contribution in [1.82, 2.24) is 14.8 Å². The molecular weight excluding hydrogens is 278 g/mol. The zero-order valence-corrected chi connectivity index (χ0v) is 13.2. The molecule has 2 aliphatic heterocycles. The molecule has 3 rings (SSSR count). The van der Waals surface area contributed by atoms with E-state index in [9.17, 15) is 4.79 Å². The lowest BCUT2D eigenvalue weighted by Crippen LogP contribution is -2.52. The van der Waals surface area contributed by atoms with Crippen LogP contribution in [0.5, 0.6) is 0 Å². The third-order valence-corrected chi connectivity index (χ3v) is 4.82. The van der Waals surface area contributed by atoms with Crippen LogP contribution >= 0.6 is 0 Å². The lowest BCUT2D eigenvalue weighted by molar-refractivity contribution is -0.105. The number of pyridine rings is 1. The first-order valence-electron chi connectivity index (χ1n) is 8.10. The molecule has 22 heavy (non-hydrogen) atoms. The van der Waals surface area contributed by atoms with Gasteiger partial charge in [0.05, 0.1) is 11.9 Å². The van der Waals surface area contributed by atoms with Gasteiger partial charge in [0.2, 0.25) is 6.41 Å². The van der Waals surface area contributed by atoms with Crippen molar-refractivity contribution in [2.45, 2.75) is 18.9 Å². The van der Waals surface area contributed by atoms with Gasteiger partial charge in [-0.1, -0.05) is 0 Å². The van der Waals surface area contributed by atoms with Crippen molar-refractivity contribution in [2.75, 3.05) is 56.5 Å². The van der Waals surface area contributed by atoms with Crippen LogP contribution in [-0.2, 0) is 4.79 Å². The number of nitrogens with zero attached hydrogens (tertiary/aromatic N) is 4. The topological polar surface area (TPSA) is 51.7 Å². The molecule has 0 bridgehead atoms. The van der Waals surface area contributed by atoms with Crippen molar-refractivity contribution in [2.24, 2.45) is 0 Å². The molecule has 6 heteroatoms. The van der Waals surface area contributed by atoms with Crippen LogP contribution in [0, 0.1) is 0 Å². The second kappa shape index (κ2) is 7.07. The van der Waals surface area contributed by atoms with E-state index in [1.54, 1.807) is 6.20 Å². The molecule has 0 aliphatic carbocycles. The fourth-order valence-corrected chi connectivity index (χ4v) is 3.37. The van der Waals surface area contributed by atoms with Gasteiger partial charge < -0.3 is 15.1 Å². The molecule has 2 aliphatic rings. The number of nitrogens with one attached hydrogen (secondary N) is 1. The molecule has 0 atom stereocenters. The summed E-state index contributed by atoms with van der Waals surface area (Å²) in [5.74, 6) is 1.01. The van der Waals surface area contributed by atoms with Gasteiger partial charge in [0, 0.05) is 45.3 Å². The summed E-state index contributed by atoms with van der Waals surface area (Å²) in [5, 5.41) is 2.62. The zero-order chi connectivity index (χ0) is 15.4. The smallest absolute Gasteiger partial charge is 0.211 e. The molecule has 1 N–H and O–H groups in total. The van der Waals surface area contributed by atoms with Crippen LogP contribution in [0.2, 0.25) is 0 Å². The van der Waals surface area contributed by atoms with Crippen LogP contribution < -0.4 is 10.2 Å². The Morgan fingerprint density at radius 3 is 2.45 bits per heavy atom. The summed E-state index contributed by atoms with van der Waals surface area (Å²) in [7, 11) is 2.20. The van der Waals surface area contributed by atoms with Gasteiger partial charge in [-0.2, -0.15) is 0 Å². The summed E-state index contributed by atoms with van der Waals surface area (Å²) >= 11 is 0. The summed E-state index contributed by atoms with van der Waals surface area (Å²) in [6, 6.07) is 4.62. The number of carbonyl (C=O) groups excluding carboxylic acids is 1. The first-order chi connectivity index (χ1) is 10.8. The molecule has 2 saturated heterocycles. The highest BCUT2D eigenvalue weighted by molar-refractivity contribution is 5.71. The Kier molecular flexibility index (Phi) is 4.90. The number of anilines is 2. The SMILES string of the molecule is CN1CCN(C2CCN(c3ccc(NC=O)cn3)CC2)CC1. The number of hydrogen-bond acceptors (Lipinski definition) is 5. The Balaban J connectivity index is 1.51. The average molecular weight is 303 g/mol. The van der Waals surface area contributed by atoms with Crippen LogP contribution in [0.1, 0.15) is 12.8 Å². The van der Waals surface area contributed by atoms with Crippen molar-refractivity contribution in [1.29, 1.82) is 0 Å². The summed E-state index contributed by atoms with van der Waals surface area (Å²) in [6.45, 7) is 6.89. The van der Waals surface area contributed by atoms with Gasteiger partial charge in [-0.15, -0.1) is 0 Å². The normalized spacial score (nSPS) is 21.8. The highest BCUT2D eigenvalue weighted by atomic mass is 16.1. The number of piperidine rings is 1. The lowest BCUT2D eigenvalue weighted by atomic mass is 10.0. The van der Waals surface area contributed by atoms with E-state index in [4.69, 9.17) is 0 Å². The maximum atomic E-state index is 10.4. The number of likely N-dealkylation sites (N-methyl/N-ethyl adjacent to an activating group) is 1. The largest absolute Gasteiger partial charge is 0.357 e. The Labute approximate surface area is 132 Å². The van der Waals surface area contributed by atoms with Crippen molar-refractivity contribution < 1.29 is 4.79 Å². The first-order valence-corrected chi connectivity index (χ1v) is 8.10. The molecular formula is C16H25N5O. The van der Waals surface area contributed by atoms with Crippen LogP contribution in [0.15, 0.2) is 18.3 Å². The van der Waals surface area contributed by atoms with E-state index < -0.39 is 0 Å². The van der Waals surface area contributed by atoms with Gasteiger partial charge in [0.15, 0.2) is 0 Å². The molecule has 0 radical (unpaired) electrons. The molecule has 3 heterocycles. The van der Waals surface area contributed by atoms with Gasteiger partial charge in [-0.3, -0.25) is 9.69 Å². The average Bonchev–Trinajstić information content (AvgIpc) is 2.57. The Morgan fingerprint density at radius 2 is 1.86 bits per heavy atom. The van der Waals surface area contributed by atoms with E-state index >= 15 is 0 Å². The number of carbonyl (C=O) groups is 1. The molecule has 1 aromatic rings. The Morgan fingerprint density at radius 1 is 1.14 bits per heavy atom. The molecule has 0 unspecified atom stereocenters. The second-order valence-electron chi connectivity index (χ2n) is 6.22. The van der Waals surface area contributed by atoms with Crippen molar-refractivity contribution in [3.8, 4) is 0 Å². The fourth-order valence-electron chi connectivity index (χ4n) is 3.37. The molecule has 1 amide bonds. The van der Waals surface area contributed by atoms with Crippen LogP contribution in [-0.4, -0.2) is 73.6 Å². The summed E-state index contributed by atoms with van der Waals surface area (Å²) < 4.78 is 0. The number of piperazine rings is 1.